The number of aromatic nitrogens is 2. The number of benzene rings is 2. The summed E-state index contributed by atoms with van der Waals surface area (Å²) in [6.07, 6.45) is 0. The molecule has 0 spiro atoms. The highest BCUT2D eigenvalue weighted by atomic mass is 35.5. The molecule has 0 bridgehead atoms. The first-order valence-corrected chi connectivity index (χ1v) is 11.1. The molecule has 0 radical (unpaired) electrons. The SMILES string of the molecule is Cc1nn(-c2ccccc2)c(C)c1C(=O)Nc1ccc(N2CCSCC2)c(Cl)c1. The number of halogens is 1. The van der Waals surface area contributed by atoms with Crippen molar-refractivity contribution in [2.45, 2.75) is 13.8 Å². The molecule has 0 atom stereocenters. The van der Waals surface area contributed by atoms with Crippen LogP contribution in [0.5, 0.6) is 0 Å². The number of rotatable bonds is 4. The molecule has 150 valence electrons. The van der Waals surface area contributed by atoms with E-state index in [9.17, 15) is 4.79 Å². The van der Waals surface area contributed by atoms with Gasteiger partial charge in [-0.3, -0.25) is 4.79 Å². The van der Waals surface area contributed by atoms with Crippen LogP contribution in [0.1, 0.15) is 21.7 Å². The zero-order valence-electron chi connectivity index (χ0n) is 16.5. The number of amides is 1. The van der Waals surface area contributed by atoms with Crippen LogP contribution >= 0.6 is 23.4 Å². The summed E-state index contributed by atoms with van der Waals surface area (Å²) in [5.41, 5.74) is 4.72. The predicted octanol–water partition coefficient (Wildman–Crippen LogP) is 4.95. The molecule has 7 heteroatoms. The van der Waals surface area contributed by atoms with Crippen LogP contribution in [0.2, 0.25) is 5.02 Å². The predicted molar refractivity (Wildman–Crippen MR) is 122 cm³/mol. The van der Waals surface area contributed by atoms with Crippen molar-refractivity contribution >= 4 is 40.6 Å². The van der Waals surface area contributed by atoms with Crippen molar-refractivity contribution in [1.29, 1.82) is 0 Å². The molecular formula is C22H23ClN4OS. The first-order chi connectivity index (χ1) is 14.0. The summed E-state index contributed by atoms with van der Waals surface area (Å²) in [6, 6.07) is 15.5. The number of aryl methyl sites for hydroxylation is 1. The number of carbonyl (C=O) groups excluding carboxylic acids is 1. The van der Waals surface area contributed by atoms with Gasteiger partial charge in [0.15, 0.2) is 0 Å². The highest BCUT2D eigenvalue weighted by molar-refractivity contribution is 7.99. The summed E-state index contributed by atoms with van der Waals surface area (Å²) in [7, 11) is 0. The quantitative estimate of drug-likeness (QED) is 0.641. The summed E-state index contributed by atoms with van der Waals surface area (Å²) in [6.45, 7) is 5.75. The summed E-state index contributed by atoms with van der Waals surface area (Å²) < 4.78 is 1.80. The number of nitrogens with zero attached hydrogens (tertiary/aromatic N) is 3. The molecule has 3 aromatic rings. The number of carbonyl (C=O) groups is 1. The number of anilines is 2. The average molecular weight is 427 g/mol. The largest absolute Gasteiger partial charge is 0.369 e. The minimum Gasteiger partial charge on any atom is -0.369 e. The van der Waals surface area contributed by atoms with E-state index in [1.165, 1.54) is 0 Å². The van der Waals surface area contributed by atoms with Gasteiger partial charge in [0, 0.05) is 30.3 Å². The number of hydrogen-bond acceptors (Lipinski definition) is 4. The van der Waals surface area contributed by atoms with Gasteiger partial charge in [-0.2, -0.15) is 16.9 Å². The molecule has 2 heterocycles. The lowest BCUT2D eigenvalue weighted by Gasteiger charge is -2.29. The van der Waals surface area contributed by atoms with E-state index in [4.69, 9.17) is 11.6 Å². The second-order valence-corrected chi connectivity index (χ2v) is 8.64. The highest BCUT2D eigenvalue weighted by Gasteiger charge is 2.20. The fourth-order valence-corrected chi connectivity index (χ4v) is 4.83. The maximum atomic E-state index is 13.0. The van der Waals surface area contributed by atoms with Crippen molar-refractivity contribution in [3.63, 3.8) is 0 Å². The van der Waals surface area contributed by atoms with E-state index in [-0.39, 0.29) is 5.91 Å². The van der Waals surface area contributed by atoms with Crippen molar-refractivity contribution in [2.24, 2.45) is 0 Å². The molecule has 0 saturated carbocycles. The van der Waals surface area contributed by atoms with Gasteiger partial charge in [-0.1, -0.05) is 29.8 Å². The van der Waals surface area contributed by atoms with Gasteiger partial charge in [-0.25, -0.2) is 4.68 Å². The highest BCUT2D eigenvalue weighted by Crippen LogP contribution is 2.31. The third-order valence-corrected chi connectivity index (χ3v) is 6.32. The van der Waals surface area contributed by atoms with Crippen LogP contribution in [0, 0.1) is 13.8 Å². The lowest BCUT2D eigenvalue weighted by molar-refractivity contribution is 0.102. The van der Waals surface area contributed by atoms with Gasteiger partial charge in [0.25, 0.3) is 5.91 Å². The molecule has 1 aromatic heterocycles. The normalized spacial score (nSPS) is 14.1. The molecule has 29 heavy (non-hydrogen) atoms. The number of hydrogen-bond donors (Lipinski definition) is 1. The first-order valence-electron chi connectivity index (χ1n) is 9.60. The monoisotopic (exact) mass is 426 g/mol. The Balaban J connectivity index is 1.55. The lowest BCUT2D eigenvalue weighted by Crippen LogP contribution is -2.32. The lowest BCUT2D eigenvalue weighted by atomic mass is 10.1. The first kappa shape index (κ1) is 19.9. The van der Waals surface area contributed by atoms with Crippen molar-refractivity contribution < 1.29 is 4.79 Å². The topological polar surface area (TPSA) is 50.2 Å². The van der Waals surface area contributed by atoms with Crippen LogP contribution in [0.3, 0.4) is 0 Å². The third-order valence-electron chi connectivity index (χ3n) is 5.08. The number of nitrogens with one attached hydrogen (secondary N) is 1. The Labute approximate surface area is 180 Å². The summed E-state index contributed by atoms with van der Waals surface area (Å²) >= 11 is 8.48. The molecular weight excluding hydrogens is 404 g/mol. The van der Waals surface area contributed by atoms with Crippen LogP contribution < -0.4 is 10.2 Å². The Morgan fingerprint density at radius 2 is 1.83 bits per heavy atom. The Morgan fingerprint density at radius 3 is 2.52 bits per heavy atom. The second-order valence-electron chi connectivity index (χ2n) is 7.01. The Hall–Kier alpha value is -2.44. The van der Waals surface area contributed by atoms with Crippen LogP contribution in [-0.4, -0.2) is 40.3 Å². The molecule has 4 rings (SSSR count). The smallest absolute Gasteiger partial charge is 0.259 e. The maximum Gasteiger partial charge on any atom is 0.259 e. The third kappa shape index (κ3) is 4.14. The maximum absolute atomic E-state index is 13.0. The van der Waals surface area contributed by atoms with Gasteiger partial charge in [-0.15, -0.1) is 0 Å². The van der Waals surface area contributed by atoms with Gasteiger partial charge >= 0.3 is 0 Å². The number of thioether (sulfide) groups is 1. The molecule has 1 aliphatic rings. The van der Waals surface area contributed by atoms with Gasteiger partial charge in [0.1, 0.15) is 0 Å². The molecule has 1 aliphatic heterocycles. The van der Waals surface area contributed by atoms with Gasteiger partial charge in [-0.05, 0) is 44.2 Å². The van der Waals surface area contributed by atoms with E-state index >= 15 is 0 Å². The van der Waals surface area contributed by atoms with E-state index in [0.717, 1.165) is 41.7 Å². The minimum absolute atomic E-state index is 0.180. The fraction of sp³-hybridized carbons (Fsp3) is 0.273. The molecule has 1 fully saturated rings. The van der Waals surface area contributed by atoms with Crippen molar-refractivity contribution in [1.82, 2.24) is 9.78 Å². The molecule has 1 saturated heterocycles. The summed E-state index contributed by atoms with van der Waals surface area (Å²) in [5.74, 6) is 2.04. The molecule has 5 nitrogen and oxygen atoms in total. The molecule has 2 aromatic carbocycles. The van der Waals surface area contributed by atoms with Gasteiger partial charge in [0.2, 0.25) is 0 Å². The molecule has 0 unspecified atom stereocenters. The van der Waals surface area contributed by atoms with Crippen LogP contribution in [0.15, 0.2) is 48.5 Å². The molecule has 1 N–H and O–H groups in total. The zero-order chi connectivity index (χ0) is 20.4. The van der Waals surface area contributed by atoms with E-state index in [0.29, 0.717) is 22.0 Å². The Bertz CT molecular complexity index is 1030. The average Bonchev–Trinajstić information content (AvgIpc) is 3.03. The van der Waals surface area contributed by atoms with Gasteiger partial charge < -0.3 is 10.2 Å². The van der Waals surface area contributed by atoms with E-state index in [1.54, 1.807) is 4.68 Å². The fourth-order valence-electron chi connectivity index (χ4n) is 3.63. The summed E-state index contributed by atoms with van der Waals surface area (Å²) in [5, 5.41) is 8.19. The van der Waals surface area contributed by atoms with Gasteiger partial charge in [0.05, 0.1) is 33.3 Å². The Kier molecular flexibility index (Phi) is 5.83. The van der Waals surface area contributed by atoms with Crippen molar-refractivity contribution in [3.8, 4) is 5.69 Å². The van der Waals surface area contributed by atoms with Crippen molar-refractivity contribution in [3.05, 3.63) is 70.5 Å². The van der Waals surface area contributed by atoms with Crippen LogP contribution in [0.4, 0.5) is 11.4 Å². The minimum atomic E-state index is -0.180. The van der Waals surface area contributed by atoms with Crippen LogP contribution in [0.25, 0.3) is 5.69 Å². The standard InChI is InChI=1S/C22H23ClN4OS/c1-15-21(16(2)27(25-15)18-6-4-3-5-7-18)22(28)24-17-8-9-20(19(23)14-17)26-10-12-29-13-11-26/h3-9,14H,10-13H2,1-2H3,(H,24,28). The van der Waals surface area contributed by atoms with Crippen LogP contribution in [-0.2, 0) is 0 Å². The van der Waals surface area contributed by atoms with E-state index < -0.39 is 0 Å². The van der Waals surface area contributed by atoms with E-state index in [2.05, 4.69) is 15.3 Å². The second kappa shape index (κ2) is 8.51. The summed E-state index contributed by atoms with van der Waals surface area (Å²) in [4.78, 5) is 15.3. The Morgan fingerprint density at radius 1 is 1.10 bits per heavy atom. The molecule has 1 amide bonds. The zero-order valence-corrected chi connectivity index (χ0v) is 18.1. The molecule has 0 aliphatic carbocycles. The van der Waals surface area contributed by atoms with E-state index in [1.807, 2.05) is 74.1 Å². The van der Waals surface area contributed by atoms with Crippen molar-refractivity contribution in [2.75, 3.05) is 34.8 Å². The number of para-hydroxylation sites is 1.